The minimum absolute atomic E-state index is 0.0470. The van der Waals surface area contributed by atoms with Gasteiger partial charge in [-0.15, -0.1) is 6.58 Å². The molecule has 2 aliphatic rings. The van der Waals surface area contributed by atoms with Crippen LogP contribution in [0.5, 0.6) is 0 Å². The molecule has 2 fully saturated rings. The highest BCUT2D eigenvalue weighted by atomic mass is 16.8. The van der Waals surface area contributed by atoms with Gasteiger partial charge in [0.25, 0.3) is 0 Å². The van der Waals surface area contributed by atoms with Gasteiger partial charge in [-0.05, 0) is 18.6 Å². The van der Waals surface area contributed by atoms with E-state index in [9.17, 15) is 15.3 Å². The fraction of sp³-hybridized carbons (Fsp3) is 0.625. The van der Waals surface area contributed by atoms with Crippen molar-refractivity contribution in [1.82, 2.24) is 0 Å². The van der Waals surface area contributed by atoms with Crippen molar-refractivity contribution in [2.45, 2.75) is 49.5 Å². The van der Waals surface area contributed by atoms with Crippen LogP contribution in [0.3, 0.4) is 0 Å². The van der Waals surface area contributed by atoms with E-state index >= 15 is 0 Å². The first kappa shape index (κ1) is 17.6. The van der Waals surface area contributed by atoms with Crippen molar-refractivity contribution in [1.29, 1.82) is 0 Å². The Morgan fingerprint density at radius 1 is 1.33 bits per heavy atom. The number of rotatable bonds is 6. The molecular formula is C16H22O8. The maximum absolute atomic E-state index is 10.3. The first-order valence-electron chi connectivity index (χ1n) is 7.82. The third kappa shape index (κ3) is 3.70. The molecule has 1 aromatic rings. The van der Waals surface area contributed by atoms with Gasteiger partial charge in [-0.3, -0.25) is 0 Å². The second-order valence-electron chi connectivity index (χ2n) is 5.82. The topological polar surface area (TPSA) is 111 Å². The summed E-state index contributed by atoms with van der Waals surface area (Å²) in [5, 5.41) is 30.2. The minimum atomic E-state index is -1.31. The molecule has 0 bridgehead atoms. The fourth-order valence-corrected chi connectivity index (χ4v) is 2.75. The molecule has 0 saturated carbocycles. The van der Waals surface area contributed by atoms with Crippen molar-refractivity contribution in [3.8, 4) is 0 Å². The molecule has 3 rings (SSSR count). The Morgan fingerprint density at radius 3 is 2.88 bits per heavy atom. The average Bonchev–Trinajstić information content (AvgIpc) is 3.11. The Bertz CT molecular complexity index is 516. The first-order chi connectivity index (χ1) is 11.6. The molecule has 8 heteroatoms. The lowest BCUT2D eigenvalue weighted by Gasteiger charge is -2.45. The van der Waals surface area contributed by atoms with Crippen LogP contribution >= 0.6 is 0 Å². The van der Waals surface area contributed by atoms with Crippen molar-refractivity contribution >= 4 is 0 Å². The van der Waals surface area contributed by atoms with E-state index in [1.165, 1.54) is 6.26 Å². The second kappa shape index (κ2) is 7.75. The molecule has 3 N–H and O–H groups in total. The van der Waals surface area contributed by atoms with Gasteiger partial charge in [0.05, 0.1) is 25.6 Å². The lowest BCUT2D eigenvalue weighted by molar-refractivity contribution is -0.364. The molecule has 0 spiro atoms. The number of hydrogen-bond donors (Lipinski definition) is 3. The van der Waals surface area contributed by atoms with Crippen molar-refractivity contribution in [2.24, 2.45) is 0 Å². The molecular weight excluding hydrogens is 320 g/mol. The summed E-state index contributed by atoms with van der Waals surface area (Å²) in [6.45, 7) is 3.63. The Balaban J connectivity index is 1.59. The summed E-state index contributed by atoms with van der Waals surface area (Å²) in [6.07, 6.45) is -3.08. The van der Waals surface area contributed by atoms with Gasteiger partial charge in [0, 0.05) is 0 Å². The van der Waals surface area contributed by atoms with E-state index < -0.39 is 43.1 Å². The van der Waals surface area contributed by atoms with E-state index in [-0.39, 0.29) is 13.2 Å². The van der Waals surface area contributed by atoms with Gasteiger partial charge in [-0.1, -0.05) is 6.08 Å². The first-order valence-corrected chi connectivity index (χ1v) is 7.82. The normalized spacial score (nSPS) is 37.6. The highest BCUT2D eigenvalue weighted by Gasteiger charge is 2.49. The van der Waals surface area contributed by atoms with Gasteiger partial charge in [0.2, 0.25) is 6.29 Å². The molecule has 1 aromatic heterocycles. The fourth-order valence-electron chi connectivity index (χ4n) is 2.75. The molecule has 7 atom stereocenters. The Hall–Kier alpha value is -1.26. The molecule has 2 saturated heterocycles. The molecule has 0 radical (unpaired) electrons. The predicted octanol–water partition coefficient (Wildman–Crippen LogP) is 0.0939. The van der Waals surface area contributed by atoms with Crippen LogP contribution < -0.4 is 0 Å². The van der Waals surface area contributed by atoms with Crippen LogP contribution in [0, 0.1) is 0 Å². The molecule has 2 unspecified atom stereocenters. The van der Waals surface area contributed by atoms with Crippen molar-refractivity contribution < 1.29 is 38.7 Å². The molecule has 0 amide bonds. The largest absolute Gasteiger partial charge is 0.464 e. The van der Waals surface area contributed by atoms with Crippen LogP contribution in [-0.4, -0.2) is 65.3 Å². The van der Waals surface area contributed by atoms with Crippen molar-refractivity contribution in [2.75, 3.05) is 13.2 Å². The summed E-state index contributed by atoms with van der Waals surface area (Å²) in [4.78, 5) is 0. The zero-order valence-corrected chi connectivity index (χ0v) is 13.1. The predicted molar refractivity (Wildman–Crippen MR) is 79.7 cm³/mol. The number of aliphatic hydroxyl groups is 3. The highest BCUT2D eigenvalue weighted by molar-refractivity contribution is 5.02. The van der Waals surface area contributed by atoms with Crippen molar-refractivity contribution in [3.05, 3.63) is 36.8 Å². The zero-order valence-electron chi connectivity index (χ0n) is 13.1. The minimum Gasteiger partial charge on any atom is -0.464 e. The van der Waals surface area contributed by atoms with E-state index in [0.717, 1.165) is 0 Å². The highest BCUT2D eigenvalue weighted by Crippen LogP contribution is 2.34. The maximum atomic E-state index is 10.3. The van der Waals surface area contributed by atoms with E-state index in [1.54, 1.807) is 18.2 Å². The third-order valence-electron chi connectivity index (χ3n) is 4.00. The molecule has 3 heterocycles. The van der Waals surface area contributed by atoms with Gasteiger partial charge in [0.15, 0.2) is 12.1 Å². The molecule has 0 aromatic carbocycles. The number of hydrogen-bond acceptors (Lipinski definition) is 8. The van der Waals surface area contributed by atoms with Gasteiger partial charge in [-0.25, -0.2) is 0 Å². The number of aliphatic hydroxyl groups excluding tert-OH is 3. The van der Waals surface area contributed by atoms with Gasteiger partial charge < -0.3 is 38.7 Å². The van der Waals surface area contributed by atoms with Crippen LogP contribution in [-0.2, 0) is 18.9 Å². The standard InChI is InChI=1S/C16H22O8/c1-2-4-9(17)7-21-16-13(19)12(18)14-11(23-16)8-22-15(24-14)10-5-3-6-20-10/h2-3,5-6,9,11-19H,1,4,7-8H2/t9?,11-,12-,13-,14+,15?,16+/m1/s1. The van der Waals surface area contributed by atoms with E-state index in [0.29, 0.717) is 12.2 Å². The summed E-state index contributed by atoms with van der Waals surface area (Å²) in [5.74, 6) is 0.473. The van der Waals surface area contributed by atoms with E-state index in [4.69, 9.17) is 23.4 Å². The summed E-state index contributed by atoms with van der Waals surface area (Å²) >= 11 is 0. The zero-order chi connectivity index (χ0) is 17.1. The molecule has 24 heavy (non-hydrogen) atoms. The number of fused-ring (bicyclic) bond motifs is 1. The summed E-state index contributed by atoms with van der Waals surface area (Å²) in [6, 6.07) is 3.40. The molecule has 8 nitrogen and oxygen atoms in total. The van der Waals surface area contributed by atoms with Crippen molar-refractivity contribution in [3.63, 3.8) is 0 Å². The van der Waals surface area contributed by atoms with Gasteiger partial charge in [0.1, 0.15) is 24.4 Å². The monoisotopic (exact) mass is 342 g/mol. The number of furan rings is 1. The van der Waals surface area contributed by atoms with Crippen LogP contribution in [0.15, 0.2) is 35.5 Å². The summed E-state index contributed by atoms with van der Waals surface area (Å²) in [5.41, 5.74) is 0. The smallest absolute Gasteiger partial charge is 0.217 e. The van der Waals surface area contributed by atoms with E-state index in [2.05, 4.69) is 6.58 Å². The molecule has 0 aliphatic carbocycles. The third-order valence-corrected chi connectivity index (χ3v) is 4.00. The SMILES string of the molecule is C=CCC(O)CO[C@H]1O[C@@H]2COC(c3ccco3)O[C@@H]2[C@H](O)[C@H]1O. The average molecular weight is 342 g/mol. The van der Waals surface area contributed by atoms with Gasteiger partial charge >= 0.3 is 0 Å². The Morgan fingerprint density at radius 2 is 2.17 bits per heavy atom. The quantitative estimate of drug-likeness (QED) is 0.624. The summed E-state index contributed by atoms with van der Waals surface area (Å²) < 4.78 is 27.4. The van der Waals surface area contributed by atoms with E-state index in [1.807, 2.05) is 0 Å². The maximum Gasteiger partial charge on any atom is 0.217 e. The molecule has 134 valence electrons. The van der Waals surface area contributed by atoms with Crippen LogP contribution in [0.1, 0.15) is 18.5 Å². The second-order valence-corrected chi connectivity index (χ2v) is 5.82. The van der Waals surface area contributed by atoms with Crippen LogP contribution in [0.4, 0.5) is 0 Å². The lowest BCUT2D eigenvalue weighted by atomic mass is 9.98. The lowest BCUT2D eigenvalue weighted by Crippen LogP contribution is -2.62. The number of ether oxygens (including phenoxy) is 4. The Labute approximate surface area is 139 Å². The van der Waals surface area contributed by atoms with Crippen LogP contribution in [0.2, 0.25) is 0 Å². The summed E-state index contributed by atoms with van der Waals surface area (Å²) in [7, 11) is 0. The van der Waals surface area contributed by atoms with Crippen LogP contribution in [0.25, 0.3) is 0 Å². The Kier molecular flexibility index (Phi) is 5.67. The van der Waals surface area contributed by atoms with Gasteiger partial charge in [-0.2, -0.15) is 0 Å². The molecule has 2 aliphatic heterocycles.